The number of ether oxygens (including phenoxy) is 2. The maximum absolute atomic E-state index is 13.5. The van der Waals surface area contributed by atoms with E-state index in [1.54, 1.807) is 54.6 Å². The van der Waals surface area contributed by atoms with Crippen molar-refractivity contribution in [2.75, 3.05) is 39.8 Å². The van der Waals surface area contributed by atoms with E-state index in [9.17, 15) is 24.9 Å². The van der Waals surface area contributed by atoms with Crippen molar-refractivity contribution in [3.63, 3.8) is 0 Å². The molecule has 10 nitrogen and oxygen atoms in total. The van der Waals surface area contributed by atoms with Gasteiger partial charge in [-0.1, -0.05) is 48.5 Å². The molecule has 5 N–H and O–H groups in total. The topological polar surface area (TPSA) is 144 Å². The maximum atomic E-state index is 13.5. The highest BCUT2D eigenvalue weighted by Gasteiger charge is 2.43. The van der Waals surface area contributed by atoms with E-state index < -0.39 is 17.7 Å². The van der Waals surface area contributed by atoms with E-state index in [0.29, 0.717) is 53.0 Å². The van der Waals surface area contributed by atoms with Crippen LogP contribution >= 0.6 is 0 Å². The van der Waals surface area contributed by atoms with Gasteiger partial charge in [-0.25, -0.2) is 4.79 Å². The Bertz CT molecular complexity index is 1650. The van der Waals surface area contributed by atoms with Crippen molar-refractivity contribution in [1.82, 2.24) is 15.2 Å². The first-order valence-corrected chi connectivity index (χ1v) is 15.9. The number of carbonyl (C=O) groups is 1. The zero-order chi connectivity index (χ0) is 32.5. The largest absolute Gasteiger partial charge is 0.506 e. The number of benzene rings is 3. The van der Waals surface area contributed by atoms with Crippen molar-refractivity contribution >= 4 is 16.9 Å². The number of carbonyl (C=O) groups excluding carboxylic acids is 1. The van der Waals surface area contributed by atoms with Crippen LogP contribution in [0.4, 0.5) is 0 Å². The molecule has 46 heavy (non-hydrogen) atoms. The molecule has 4 aromatic rings. The lowest BCUT2D eigenvalue weighted by Crippen LogP contribution is -2.43. The number of esters is 1. The zero-order valence-electron chi connectivity index (χ0n) is 26.2. The number of phenolic OH excluding ortho intramolecular Hbond substituents is 1. The predicted octanol–water partition coefficient (Wildman–Crippen LogP) is 3.98. The Balaban J connectivity index is 1.10. The summed E-state index contributed by atoms with van der Waals surface area (Å²) in [4.78, 5) is 30.0. The average molecular weight is 630 g/mol. The number of rotatable bonds is 14. The van der Waals surface area contributed by atoms with Gasteiger partial charge in [0.05, 0.1) is 18.2 Å². The highest BCUT2D eigenvalue weighted by Crippen LogP contribution is 2.34. The number of nitrogens with one attached hydrogen (secondary N) is 2. The highest BCUT2D eigenvalue weighted by atomic mass is 16.6. The number of aromatic amines is 1. The van der Waals surface area contributed by atoms with Crippen molar-refractivity contribution in [3.05, 3.63) is 106 Å². The van der Waals surface area contributed by atoms with Crippen LogP contribution in [0, 0.1) is 0 Å². The molecule has 3 aromatic carbocycles. The molecule has 2 heterocycles. The van der Waals surface area contributed by atoms with Crippen LogP contribution in [0.5, 0.6) is 11.5 Å². The lowest BCUT2D eigenvalue weighted by molar-refractivity contribution is -0.169. The third-order valence-corrected chi connectivity index (χ3v) is 8.55. The van der Waals surface area contributed by atoms with Gasteiger partial charge < -0.3 is 40.0 Å². The number of aromatic hydroxyl groups is 1. The normalized spacial score (nSPS) is 16.2. The number of likely N-dealkylation sites (tertiary alicyclic amines) is 1. The Morgan fingerprint density at radius 2 is 1.76 bits per heavy atom. The number of aromatic nitrogens is 1. The van der Waals surface area contributed by atoms with E-state index in [4.69, 9.17) is 9.47 Å². The molecule has 0 amide bonds. The highest BCUT2D eigenvalue weighted by molar-refractivity contribution is 5.87. The van der Waals surface area contributed by atoms with Crippen molar-refractivity contribution in [2.24, 2.45) is 0 Å². The number of pyridine rings is 1. The van der Waals surface area contributed by atoms with Gasteiger partial charge >= 0.3 is 5.97 Å². The summed E-state index contributed by atoms with van der Waals surface area (Å²) in [5.41, 5.74) is -0.514. The van der Waals surface area contributed by atoms with Crippen LogP contribution in [0.3, 0.4) is 0 Å². The summed E-state index contributed by atoms with van der Waals surface area (Å²) in [7, 11) is 2.04. The molecule has 0 radical (unpaired) electrons. The van der Waals surface area contributed by atoms with Crippen molar-refractivity contribution in [2.45, 2.75) is 49.9 Å². The molecular formula is C36H43N3O7. The van der Waals surface area contributed by atoms with Gasteiger partial charge in [0.15, 0.2) is 0 Å². The molecule has 5 rings (SSSR count). The summed E-state index contributed by atoms with van der Waals surface area (Å²) in [6, 6.07) is 22.0. The molecule has 1 saturated heterocycles. The number of aliphatic hydroxyl groups excluding tert-OH is 1. The predicted molar refractivity (Wildman–Crippen MR) is 176 cm³/mol. The summed E-state index contributed by atoms with van der Waals surface area (Å²) in [6.07, 6.45) is 2.97. The van der Waals surface area contributed by atoms with E-state index in [0.717, 1.165) is 45.2 Å². The number of hydrogen-bond donors (Lipinski definition) is 5. The van der Waals surface area contributed by atoms with Crippen LogP contribution in [0.1, 0.15) is 54.9 Å². The summed E-state index contributed by atoms with van der Waals surface area (Å²) in [6.45, 7) is 3.16. The fraction of sp³-hybridized carbons (Fsp3) is 0.389. The molecule has 0 saturated carbocycles. The van der Waals surface area contributed by atoms with Crippen LogP contribution in [-0.4, -0.2) is 77.1 Å². The number of hydrogen-bond acceptors (Lipinski definition) is 9. The van der Waals surface area contributed by atoms with E-state index in [2.05, 4.69) is 15.2 Å². The smallest absolute Gasteiger partial charge is 0.347 e. The van der Waals surface area contributed by atoms with Crippen molar-refractivity contribution < 1.29 is 29.6 Å². The first-order chi connectivity index (χ1) is 22.3. The van der Waals surface area contributed by atoms with Gasteiger partial charge in [0.1, 0.15) is 17.6 Å². The maximum Gasteiger partial charge on any atom is 0.347 e. The van der Waals surface area contributed by atoms with E-state index in [1.165, 1.54) is 12.1 Å². The second-order valence-electron chi connectivity index (χ2n) is 11.9. The van der Waals surface area contributed by atoms with E-state index in [1.807, 2.05) is 19.2 Å². The number of piperidine rings is 1. The van der Waals surface area contributed by atoms with Crippen LogP contribution in [0.2, 0.25) is 0 Å². The van der Waals surface area contributed by atoms with Gasteiger partial charge in [-0.2, -0.15) is 0 Å². The molecule has 2 atom stereocenters. The number of nitrogens with zero attached hydrogens (tertiary/aromatic N) is 1. The lowest BCUT2D eigenvalue weighted by Gasteiger charge is -2.33. The summed E-state index contributed by atoms with van der Waals surface area (Å²) in [5, 5.41) is 36.6. The van der Waals surface area contributed by atoms with Gasteiger partial charge in [0.2, 0.25) is 11.2 Å². The SMILES string of the molecule is CN1CCC(OC(=O)[C@](O)(c2ccccc2)c2cccc(OCCCCCNC[C@H](O)c3ccc(O)c4[nH]c(=O)ccc34)c2)CC1. The summed E-state index contributed by atoms with van der Waals surface area (Å²) >= 11 is 0. The molecule has 244 valence electrons. The van der Waals surface area contributed by atoms with E-state index >= 15 is 0 Å². The third kappa shape index (κ3) is 7.94. The second-order valence-corrected chi connectivity index (χ2v) is 11.9. The second kappa shape index (κ2) is 15.4. The Morgan fingerprint density at radius 3 is 2.54 bits per heavy atom. The minimum atomic E-state index is -1.97. The molecule has 0 bridgehead atoms. The minimum Gasteiger partial charge on any atom is -0.506 e. The average Bonchev–Trinajstić information content (AvgIpc) is 3.07. The van der Waals surface area contributed by atoms with Gasteiger partial charge in [0, 0.05) is 36.7 Å². The molecule has 1 aromatic heterocycles. The fourth-order valence-electron chi connectivity index (χ4n) is 5.85. The van der Waals surface area contributed by atoms with Crippen LogP contribution in [-0.2, 0) is 15.1 Å². The molecule has 0 spiro atoms. The Labute approximate surface area is 268 Å². The summed E-state index contributed by atoms with van der Waals surface area (Å²) in [5.74, 6) is -0.165. The monoisotopic (exact) mass is 629 g/mol. The van der Waals surface area contributed by atoms with Gasteiger partial charge in [-0.05, 0) is 81.1 Å². The number of H-pyrrole nitrogens is 1. The van der Waals surface area contributed by atoms with E-state index in [-0.39, 0.29) is 17.4 Å². The fourth-order valence-corrected chi connectivity index (χ4v) is 5.85. The Hall–Kier alpha value is -4.22. The lowest BCUT2D eigenvalue weighted by atomic mass is 9.86. The molecule has 1 aliphatic rings. The quantitative estimate of drug-likeness (QED) is 0.103. The minimum absolute atomic E-state index is 0.0389. The standard InChI is InChI=1S/C36H43N3O7/c1-39-20-17-27(18-21-39)46-35(43)36(44,25-9-4-2-5-10-25)26-11-8-12-28(23-26)45-22-7-3-6-19-37-24-32(41)29-13-15-31(40)34-30(29)14-16-33(42)38-34/h2,4-5,8-16,23,27,32,37,40-41,44H,3,6-7,17-22,24H2,1H3,(H,38,42)/t32-,36-/m0/s1. The number of unbranched alkanes of at least 4 members (excludes halogenated alkanes) is 2. The first kappa shape index (κ1) is 33.2. The first-order valence-electron chi connectivity index (χ1n) is 15.9. The molecule has 1 fully saturated rings. The van der Waals surface area contributed by atoms with Gasteiger partial charge in [-0.15, -0.1) is 0 Å². The number of phenols is 1. The summed E-state index contributed by atoms with van der Waals surface area (Å²) < 4.78 is 11.9. The number of aliphatic hydroxyl groups is 2. The third-order valence-electron chi connectivity index (χ3n) is 8.55. The Kier molecular flexibility index (Phi) is 11.1. The van der Waals surface area contributed by atoms with Crippen LogP contribution < -0.4 is 15.6 Å². The van der Waals surface area contributed by atoms with Crippen molar-refractivity contribution in [1.29, 1.82) is 0 Å². The van der Waals surface area contributed by atoms with Crippen molar-refractivity contribution in [3.8, 4) is 11.5 Å². The molecule has 0 unspecified atom stereocenters. The number of fused-ring (bicyclic) bond motifs is 1. The van der Waals surface area contributed by atoms with Crippen LogP contribution in [0.25, 0.3) is 10.9 Å². The molecule has 0 aliphatic carbocycles. The molecular weight excluding hydrogens is 586 g/mol. The van der Waals surface area contributed by atoms with Gasteiger partial charge in [0.25, 0.3) is 0 Å². The molecule has 10 heteroatoms. The van der Waals surface area contributed by atoms with Crippen LogP contribution in [0.15, 0.2) is 83.7 Å². The molecule has 1 aliphatic heterocycles. The zero-order valence-corrected chi connectivity index (χ0v) is 26.2. The van der Waals surface area contributed by atoms with Gasteiger partial charge in [-0.3, -0.25) is 4.79 Å². The Morgan fingerprint density at radius 1 is 1.00 bits per heavy atom.